The van der Waals surface area contributed by atoms with E-state index in [9.17, 15) is 36.0 Å². The van der Waals surface area contributed by atoms with Gasteiger partial charge in [-0.05, 0) is 56.2 Å². The minimum absolute atomic E-state index is 0.0181. The molecule has 0 saturated heterocycles. The van der Waals surface area contributed by atoms with Crippen LogP contribution in [0.3, 0.4) is 0 Å². The van der Waals surface area contributed by atoms with Gasteiger partial charge in [-0.1, -0.05) is 12.1 Å². The maximum atomic E-state index is 14.0. The fourth-order valence-corrected chi connectivity index (χ4v) is 4.88. The predicted octanol–water partition coefficient (Wildman–Crippen LogP) is 3.41. The van der Waals surface area contributed by atoms with Crippen molar-refractivity contribution in [3.63, 3.8) is 0 Å². The molecule has 1 aliphatic rings. The minimum Gasteiger partial charge on any atom is -0.335 e. The summed E-state index contributed by atoms with van der Waals surface area (Å²) in [6.45, 7) is 0. The molecule has 1 aliphatic carbocycles. The molecule has 1 saturated carbocycles. The Hall–Kier alpha value is -2.70. The van der Waals surface area contributed by atoms with Crippen molar-refractivity contribution in [1.29, 1.82) is 10.5 Å². The third-order valence-electron chi connectivity index (χ3n) is 5.75. The average molecular weight is 489 g/mol. The van der Waals surface area contributed by atoms with E-state index in [1.165, 1.54) is 0 Å². The van der Waals surface area contributed by atoms with E-state index in [4.69, 9.17) is 5.26 Å². The van der Waals surface area contributed by atoms with E-state index in [1.807, 2.05) is 17.5 Å². The van der Waals surface area contributed by atoms with Crippen LogP contribution < -0.4 is 10.6 Å². The van der Waals surface area contributed by atoms with E-state index in [1.54, 1.807) is 0 Å². The van der Waals surface area contributed by atoms with Gasteiger partial charge in [0.25, 0.3) is 5.91 Å². The van der Waals surface area contributed by atoms with Crippen LogP contribution in [-0.2, 0) is 14.6 Å². The zero-order chi connectivity index (χ0) is 24.9. The van der Waals surface area contributed by atoms with Crippen molar-refractivity contribution in [2.45, 2.75) is 67.6 Å². The number of unbranched alkanes of at least 4 members (excludes halogenated alkanes) is 2. The normalized spacial score (nSPS) is 18.2. The number of rotatable bonds is 10. The summed E-state index contributed by atoms with van der Waals surface area (Å²) in [4.78, 5) is 10.6. The molecule has 2 atom stereocenters. The van der Waals surface area contributed by atoms with Gasteiger partial charge in [0.15, 0.2) is 9.84 Å². The van der Waals surface area contributed by atoms with Gasteiger partial charge in [-0.25, -0.2) is 12.8 Å². The zero-order valence-electron chi connectivity index (χ0n) is 17.9. The number of carbonyl (C=O) groups is 1. The maximum Gasteiger partial charge on any atom is 0.407 e. The second-order valence-corrected chi connectivity index (χ2v) is 10.4. The molecule has 180 valence electrons. The number of hydrogen-bond acceptors (Lipinski definition) is 6. The van der Waals surface area contributed by atoms with Crippen LogP contribution in [0.4, 0.5) is 17.6 Å². The molecule has 0 spiro atoms. The Bertz CT molecular complexity index is 1040. The second kappa shape index (κ2) is 10.1. The first-order chi connectivity index (χ1) is 15.3. The summed E-state index contributed by atoms with van der Waals surface area (Å²) < 4.78 is 81.2. The molecular formula is C21H24F4N4O3S. The van der Waals surface area contributed by atoms with Gasteiger partial charge in [-0.2, -0.15) is 23.7 Å². The van der Waals surface area contributed by atoms with E-state index in [-0.39, 0.29) is 32.1 Å². The Kier molecular flexibility index (Phi) is 8.09. The summed E-state index contributed by atoms with van der Waals surface area (Å²) in [6.07, 6.45) is -3.76. The summed E-state index contributed by atoms with van der Waals surface area (Å²) >= 11 is 0. The van der Waals surface area contributed by atoms with Gasteiger partial charge in [0.1, 0.15) is 17.4 Å². The molecule has 0 unspecified atom stereocenters. The molecule has 0 heterocycles. The summed E-state index contributed by atoms with van der Waals surface area (Å²) in [5, 5.41) is 22.5. The molecule has 0 bridgehead atoms. The first kappa shape index (κ1) is 26.6. The third kappa shape index (κ3) is 6.01. The molecule has 1 fully saturated rings. The Morgan fingerprint density at radius 2 is 1.79 bits per heavy atom. The van der Waals surface area contributed by atoms with Crippen LogP contribution in [0, 0.1) is 28.5 Å². The van der Waals surface area contributed by atoms with Gasteiger partial charge >= 0.3 is 6.18 Å². The first-order valence-corrected chi connectivity index (χ1v) is 12.1. The molecule has 1 aromatic carbocycles. The standard InChI is InChI=1S/C21H24F4N4O3S/c1-33(31,32)20(12-3-2-4-13-26,18(30)29-19(14-27)10-5-11-19)28-17(21(23,24)25)15-6-8-16(22)9-7-15/h6-9,17,28H,2-5,10-12H2,1H3,(H,29,30)/t17-,20+/m0/s1. The molecule has 0 aromatic heterocycles. The summed E-state index contributed by atoms with van der Waals surface area (Å²) in [5.74, 6) is -2.05. The number of nitrogens with one attached hydrogen (secondary N) is 2. The highest BCUT2D eigenvalue weighted by Gasteiger charge is 2.56. The van der Waals surface area contributed by atoms with Gasteiger partial charge in [-0.3, -0.25) is 10.1 Å². The van der Waals surface area contributed by atoms with E-state index in [2.05, 4.69) is 5.32 Å². The number of alkyl halides is 3. The molecular weight excluding hydrogens is 464 g/mol. The molecule has 1 aromatic rings. The topological polar surface area (TPSA) is 123 Å². The van der Waals surface area contributed by atoms with Crippen molar-refractivity contribution in [1.82, 2.24) is 10.6 Å². The molecule has 7 nitrogen and oxygen atoms in total. The van der Waals surface area contributed by atoms with Crippen LogP contribution in [-0.4, -0.2) is 37.2 Å². The fraction of sp³-hybridized carbons (Fsp3) is 0.571. The predicted molar refractivity (Wildman–Crippen MR) is 110 cm³/mol. The van der Waals surface area contributed by atoms with Gasteiger partial charge in [0, 0.05) is 12.7 Å². The van der Waals surface area contributed by atoms with Gasteiger partial charge in [0.2, 0.25) is 4.87 Å². The van der Waals surface area contributed by atoms with E-state index < -0.39 is 56.2 Å². The van der Waals surface area contributed by atoms with Crippen molar-refractivity contribution >= 4 is 15.7 Å². The second-order valence-electron chi connectivity index (χ2n) is 8.14. The minimum atomic E-state index is -5.04. The largest absolute Gasteiger partial charge is 0.407 e. The summed E-state index contributed by atoms with van der Waals surface area (Å²) in [7, 11) is -4.54. The fourth-order valence-electron chi connectivity index (χ4n) is 3.65. The average Bonchev–Trinajstić information content (AvgIpc) is 2.69. The molecule has 2 N–H and O–H groups in total. The van der Waals surface area contributed by atoms with Crippen LogP contribution in [0.25, 0.3) is 0 Å². The third-order valence-corrected chi connectivity index (χ3v) is 7.52. The Balaban J connectivity index is 2.56. The highest BCUT2D eigenvalue weighted by Crippen LogP contribution is 2.38. The molecule has 12 heteroatoms. The molecule has 0 aliphatic heterocycles. The number of sulfone groups is 1. The summed E-state index contributed by atoms with van der Waals surface area (Å²) in [6, 6.07) is 4.44. The monoisotopic (exact) mass is 488 g/mol. The number of nitrogens with zero attached hydrogens (tertiary/aromatic N) is 2. The lowest BCUT2D eigenvalue weighted by Crippen LogP contribution is -2.67. The Morgan fingerprint density at radius 3 is 2.21 bits per heavy atom. The van der Waals surface area contributed by atoms with Crippen LogP contribution in [0.5, 0.6) is 0 Å². The first-order valence-electron chi connectivity index (χ1n) is 10.2. The quantitative estimate of drug-likeness (QED) is 0.384. The smallest absolute Gasteiger partial charge is 0.335 e. The highest BCUT2D eigenvalue weighted by molar-refractivity contribution is 7.92. The van der Waals surface area contributed by atoms with Crippen molar-refractivity contribution in [3.05, 3.63) is 35.6 Å². The molecule has 2 rings (SSSR count). The molecule has 0 radical (unpaired) electrons. The lowest BCUT2D eigenvalue weighted by molar-refractivity contribution is -0.162. The van der Waals surface area contributed by atoms with Crippen molar-refractivity contribution < 1.29 is 30.8 Å². The molecule has 1 amide bonds. The number of nitriles is 2. The number of halogens is 4. The van der Waals surface area contributed by atoms with Gasteiger partial charge in [-0.15, -0.1) is 0 Å². The van der Waals surface area contributed by atoms with Gasteiger partial charge in [0.05, 0.1) is 12.1 Å². The summed E-state index contributed by atoms with van der Waals surface area (Å²) in [5.41, 5.74) is -1.84. The Labute approximate surface area is 189 Å². The van der Waals surface area contributed by atoms with Crippen molar-refractivity contribution in [2.75, 3.05) is 6.26 Å². The van der Waals surface area contributed by atoms with Gasteiger partial charge < -0.3 is 5.32 Å². The van der Waals surface area contributed by atoms with E-state index >= 15 is 0 Å². The number of carbonyl (C=O) groups excluding carboxylic acids is 1. The molecule has 33 heavy (non-hydrogen) atoms. The maximum absolute atomic E-state index is 14.0. The van der Waals surface area contributed by atoms with Crippen LogP contribution >= 0.6 is 0 Å². The lowest BCUT2D eigenvalue weighted by atomic mass is 9.77. The van der Waals surface area contributed by atoms with Crippen molar-refractivity contribution in [3.8, 4) is 12.1 Å². The van der Waals surface area contributed by atoms with Crippen LogP contribution in [0.2, 0.25) is 0 Å². The zero-order valence-corrected chi connectivity index (χ0v) is 18.7. The SMILES string of the molecule is CS(=O)(=O)[C@@](CCCCC#N)(N[C@@H](c1ccc(F)cc1)C(F)(F)F)C(=O)NC1(C#N)CCC1. The van der Waals surface area contributed by atoms with E-state index in [0.29, 0.717) is 12.7 Å². The lowest BCUT2D eigenvalue weighted by Gasteiger charge is -2.41. The Morgan fingerprint density at radius 1 is 1.18 bits per heavy atom. The van der Waals surface area contributed by atoms with Crippen LogP contribution in [0.1, 0.15) is 56.6 Å². The van der Waals surface area contributed by atoms with Crippen LogP contribution in [0.15, 0.2) is 24.3 Å². The number of amides is 1. The highest BCUT2D eigenvalue weighted by atomic mass is 32.2. The number of hydrogen-bond donors (Lipinski definition) is 2. The number of benzene rings is 1. The van der Waals surface area contributed by atoms with Crippen molar-refractivity contribution in [2.24, 2.45) is 0 Å². The van der Waals surface area contributed by atoms with E-state index in [0.717, 1.165) is 24.3 Å².